The van der Waals surface area contributed by atoms with Gasteiger partial charge in [0, 0.05) is 18.8 Å². The van der Waals surface area contributed by atoms with E-state index < -0.39 is 21.8 Å². The SMILES string of the molecule is CCOC(=O)Cc1ccc(NC(=O)C2CCCN(S(=O)(=O)c3ccc(F)cc3)C2)cc1. The lowest BCUT2D eigenvalue weighted by molar-refractivity contribution is -0.142. The molecule has 1 atom stereocenters. The number of benzene rings is 2. The number of esters is 1. The van der Waals surface area contributed by atoms with Gasteiger partial charge in [0.2, 0.25) is 15.9 Å². The number of nitrogens with zero attached hydrogens (tertiary/aromatic N) is 1. The first-order chi connectivity index (χ1) is 14.8. The highest BCUT2D eigenvalue weighted by Gasteiger charge is 2.33. The summed E-state index contributed by atoms with van der Waals surface area (Å²) in [7, 11) is -3.80. The topological polar surface area (TPSA) is 92.8 Å². The molecule has 1 aliphatic rings. The van der Waals surface area contributed by atoms with Gasteiger partial charge in [0.1, 0.15) is 5.82 Å². The van der Waals surface area contributed by atoms with E-state index in [1.165, 1.54) is 16.4 Å². The number of carbonyl (C=O) groups excluding carboxylic acids is 2. The Morgan fingerprint density at radius 2 is 1.81 bits per heavy atom. The van der Waals surface area contributed by atoms with E-state index in [0.717, 1.165) is 17.7 Å². The van der Waals surface area contributed by atoms with Crippen LogP contribution in [0, 0.1) is 11.7 Å². The smallest absolute Gasteiger partial charge is 0.310 e. The third-order valence-electron chi connectivity index (χ3n) is 5.08. The molecule has 9 heteroatoms. The van der Waals surface area contributed by atoms with E-state index in [1.54, 1.807) is 31.2 Å². The van der Waals surface area contributed by atoms with Crippen LogP contribution in [-0.4, -0.2) is 44.3 Å². The van der Waals surface area contributed by atoms with E-state index in [-0.39, 0.29) is 29.7 Å². The Labute approximate surface area is 181 Å². The predicted octanol–water partition coefficient (Wildman–Crippen LogP) is 2.97. The minimum atomic E-state index is -3.80. The monoisotopic (exact) mass is 448 g/mol. The highest BCUT2D eigenvalue weighted by molar-refractivity contribution is 7.89. The van der Waals surface area contributed by atoms with Crippen molar-refractivity contribution in [1.29, 1.82) is 0 Å². The number of ether oxygens (including phenoxy) is 1. The zero-order valence-electron chi connectivity index (χ0n) is 17.2. The van der Waals surface area contributed by atoms with Crippen molar-refractivity contribution < 1.29 is 27.1 Å². The van der Waals surface area contributed by atoms with Crippen LogP contribution >= 0.6 is 0 Å². The van der Waals surface area contributed by atoms with Crippen molar-refractivity contribution in [2.45, 2.75) is 31.1 Å². The zero-order chi connectivity index (χ0) is 22.4. The van der Waals surface area contributed by atoms with Gasteiger partial charge in [0.25, 0.3) is 0 Å². The van der Waals surface area contributed by atoms with Gasteiger partial charge in [-0.1, -0.05) is 12.1 Å². The summed E-state index contributed by atoms with van der Waals surface area (Å²) in [4.78, 5) is 24.3. The van der Waals surface area contributed by atoms with Gasteiger partial charge in [-0.2, -0.15) is 4.31 Å². The van der Waals surface area contributed by atoms with Gasteiger partial charge in [-0.3, -0.25) is 9.59 Å². The van der Waals surface area contributed by atoms with Crippen LogP contribution in [0.4, 0.5) is 10.1 Å². The van der Waals surface area contributed by atoms with E-state index >= 15 is 0 Å². The molecule has 31 heavy (non-hydrogen) atoms. The van der Waals surface area contributed by atoms with Crippen LogP contribution in [0.25, 0.3) is 0 Å². The summed E-state index contributed by atoms with van der Waals surface area (Å²) in [6, 6.07) is 11.5. The summed E-state index contributed by atoms with van der Waals surface area (Å²) in [5, 5.41) is 2.81. The zero-order valence-corrected chi connectivity index (χ0v) is 18.0. The van der Waals surface area contributed by atoms with E-state index in [0.29, 0.717) is 31.7 Å². The van der Waals surface area contributed by atoms with Crippen molar-refractivity contribution in [3.8, 4) is 0 Å². The molecule has 1 fully saturated rings. The lowest BCUT2D eigenvalue weighted by Crippen LogP contribution is -2.43. The standard InChI is InChI=1S/C22H25FN2O5S/c1-2-30-21(26)14-16-5-9-19(10-6-16)24-22(27)17-4-3-13-25(15-17)31(28,29)20-11-7-18(23)8-12-20/h5-12,17H,2-4,13-15H2,1H3,(H,24,27). The molecule has 2 aromatic rings. The Morgan fingerprint density at radius 3 is 2.45 bits per heavy atom. The third kappa shape index (κ3) is 5.89. The number of piperidine rings is 1. The number of sulfonamides is 1. The Hall–Kier alpha value is -2.78. The fourth-order valence-corrected chi connectivity index (χ4v) is 4.98. The van der Waals surface area contributed by atoms with Crippen molar-refractivity contribution in [2.24, 2.45) is 5.92 Å². The number of carbonyl (C=O) groups is 2. The van der Waals surface area contributed by atoms with Crippen LogP contribution in [0.3, 0.4) is 0 Å². The van der Waals surface area contributed by atoms with Crippen molar-refractivity contribution >= 4 is 27.6 Å². The number of anilines is 1. The van der Waals surface area contributed by atoms with Crippen molar-refractivity contribution in [2.75, 3.05) is 25.0 Å². The van der Waals surface area contributed by atoms with Crippen molar-refractivity contribution in [1.82, 2.24) is 4.31 Å². The summed E-state index contributed by atoms with van der Waals surface area (Å²) in [6.07, 6.45) is 1.28. The van der Waals surface area contributed by atoms with Gasteiger partial charge in [-0.05, 0) is 61.7 Å². The van der Waals surface area contributed by atoms with Crippen LogP contribution in [0.2, 0.25) is 0 Å². The lowest BCUT2D eigenvalue weighted by Gasteiger charge is -2.31. The maximum Gasteiger partial charge on any atom is 0.310 e. The molecule has 7 nitrogen and oxygen atoms in total. The largest absolute Gasteiger partial charge is 0.466 e. The molecule has 0 bridgehead atoms. The molecule has 1 unspecified atom stereocenters. The number of amides is 1. The third-order valence-corrected chi connectivity index (χ3v) is 6.96. The normalized spacial score (nSPS) is 17.2. The van der Waals surface area contributed by atoms with Gasteiger partial charge in [0.15, 0.2) is 0 Å². The minimum absolute atomic E-state index is 0.00662. The quantitative estimate of drug-likeness (QED) is 0.658. The summed E-state index contributed by atoms with van der Waals surface area (Å²) in [6.45, 7) is 2.44. The number of hydrogen-bond donors (Lipinski definition) is 1. The predicted molar refractivity (Wildman–Crippen MR) is 113 cm³/mol. The second kappa shape index (κ2) is 10.0. The highest BCUT2D eigenvalue weighted by atomic mass is 32.2. The number of rotatable bonds is 7. The average Bonchev–Trinajstić information content (AvgIpc) is 2.75. The van der Waals surface area contributed by atoms with E-state index in [9.17, 15) is 22.4 Å². The first-order valence-electron chi connectivity index (χ1n) is 10.1. The molecule has 1 heterocycles. The first kappa shape index (κ1) is 22.9. The van der Waals surface area contributed by atoms with E-state index in [4.69, 9.17) is 4.74 Å². The van der Waals surface area contributed by atoms with E-state index in [2.05, 4.69) is 5.32 Å². The van der Waals surface area contributed by atoms with Crippen LogP contribution in [-0.2, 0) is 30.8 Å². The van der Waals surface area contributed by atoms with Gasteiger partial charge in [0.05, 0.1) is 23.8 Å². The molecule has 0 spiro atoms. The second-order valence-corrected chi connectivity index (χ2v) is 9.26. The van der Waals surface area contributed by atoms with Gasteiger partial charge < -0.3 is 10.1 Å². The van der Waals surface area contributed by atoms with Crippen LogP contribution in [0.5, 0.6) is 0 Å². The fourth-order valence-electron chi connectivity index (χ4n) is 3.46. The summed E-state index contributed by atoms with van der Waals surface area (Å²) >= 11 is 0. The van der Waals surface area contributed by atoms with Crippen molar-refractivity contribution in [3.63, 3.8) is 0 Å². The van der Waals surface area contributed by atoms with Crippen LogP contribution in [0.1, 0.15) is 25.3 Å². The molecule has 1 amide bonds. The second-order valence-electron chi connectivity index (χ2n) is 7.32. The molecule has 0 aliphatic carbocycles. The van der Waals surface area contributed by atoms with Crippen molar-refractivity contribution in [3.05, 3.63) is 59.9 Å². The molecule has 1 aliphatic heterocycles. The summed E-state index contributed by atoms with van der Waals surface area (Å²) < 4.78 is 45.0. The minimum Gasteiger partial charge on any atom is -0.466 e. The summed E-state index contributed by atoms with van der Waals surface area (Å²) in [5.74, 6) is -1.59. The highest BCUT2D eigenvalue weighted by Crippen LogP contribution is 2.25. The Bertz CT molecular complexity index is 1020. The molecular formula is C22H25FN2O5S. The Balaban J connectivity index is 1.62. The Kier molecular flexibility index (Phi) is 7.40. The Morgan fingerprint density at radius 1 is 1.13 bits per heavy atom. The summed E-state index contributed by atoms with van der Waals surface area (Å²) in [5.41, 5.74) is 1.34. The molecule has 1 N–H and O–H groups in total. The van der Waals surface area contributed by atoms with Gasteiger partial charge in [-0.15, -0.1) is 0 Å². The van der Waals surface area contributed by atoms with E-state index in [1.807, 2.05) is 0 Å². The maximum atomic E-state index is 13.1. The molecular weight excluding hydrogens is 423 g/mol. The van der Waals surface area contributed by atoms with Gasteiger partial charge in [-0.25, -0.2) is 12.8 Å². The van der Waals surface area contributed by atoms with Crippen LogP contribution < -0.4 is 5.32 Å². The number of hydrogen-bond acceptors (Lipinski definition) is 5. The molecule has 3 rings (SSSR count). The average molecular weight is 449 g/mol. The first-order valence-corrected chi connectivity index (χ1v) is 11.5. The molecule has 166 valence electrons. The molecule has 2 aromatic carbocycles. The maximum absolute atomic E-state index is 13.1. The number of nitrogens with one attached hydrogen (secondary N) is 1. The molecule has 0 radical (unpaired) electrons. The lowest BCUT2D eigenvalue weighted by atomic mass is 9.98. The van der Waals surface area contributed by atoms with Gasteiger partial charge >= 0.3 is 5.97 Å². The molecule has 0 saturated carbocycles. The number of halogens is 1. The molecule has 1 saturated heterocycles. The van der Waals surface area contributed by atoms with Crippen LogP contribution in [0.15, 0.2) is 53.4 Å². The fraction of sp³-hybridized carbons (Fsp3) is 0.364. The molecule has 0 aromatic heterocycles.